The van der Waals surface area contributed by atoms with Gasteiger partial charge in [0.25, 0.3) is 5.91 Å². The quantitative estimate of drug-likeness (QED) is 0.582. The number of carbonyl (C=O) groups is 1. The Morgan fingerprint density at radius 3 is 2.21 bits per heavy atom. The number of amides is 1. The Morgan fingerprint density at radius 1 is 0.909 bits per heavy atom. The van der Waals surface area contributed by atoms with Gasteiger partial charge in [0.15, 0.2) is 0 Å². The molecule has 2 aliphatic heterocycles. The van der Waals surface area contributed by atoms with Crippen LogP contribution >= 0.6 is 0 Å². The van der Waals surface area contributed by atoms with E-state index in [-0.39, 0.29) is 17.9 Å². The number of aryl methyl sites for hydroxylation is 2. The fraction of sp³-hybridized carbons (Fsp3) is 0.385. The summed E-state index contributed by atoms with van der Waals surface area (Å²) >= 11 is 0. The lowest BCUT2D eigenvalue weighted by Crippen LogP contribution is -2.48. The van der Waals surface area contributed by atoms with Gasteiger partial charge in [-0.25, -0.2) is 4.68 Å². The number of rotatable bonds is 3. The molecule has 3 heterocycles. The van der Waals surface area contributed by atoms with Gasteiger partial charge in [-0.3, -0.25) is 19.0 Å². The molecule has 170 valence electrons. The van der Waals surface area contributed by atoms with E-state index in [1.807, 2.05) is 61.2 Å². The minimum absolute atomic E-state index is 0.0500. The van der Waals surface area contributed by atoms with Crippen molar-refractivity contribution in [3.8, 4) is 0 Å². The van der Waals surface area contributed by atoms with E-state index in [0.29, 0.717) is 25.5 Å². The van der Waals surface area contributed by atoms with E-state index in [0.717, 1.165) is 41.5 Å². The van der Waals surface area contributed by atoms with E-state index in [4.69, 9.17) is 5.10 Å². The monoisotopic (exact) mass is 444 g/mol. The van der Waals surface area contributed by atoms with Gasteiger partial charge in [-0.05, 0) is 50.8 Å². The lowest BCUT2D eigenvalue weighted by molar-refractivity contribution is 0.0661. The highest BCUT2D eigenvalue weighted by atomic mass is 16.2. The maximum Gasteiger partial charge on any atom is 0.332 e. The van der Waals surface area contributed by atoms with Crippen molar-refractivity contribution in [1.29, 1.82) is 0 Å². The maximum absolute atomic E-state index is 13.1. The van der Waals surface area contributed by atoms with Crippen LogP contribution in [0, 0.1) is 13.8 Å². The van der Waals surface area contributed by atoms with Gasteiger partial charge < -0.3 is 4.90 Å². The highest BCUT2D eigenvalue weighted by molar-refractivity contribution is 5.94. The predicted octanol–water partition coefficient (Wildman–Crippen LogP) is 2.65. The Bertz CT molecular complexity index is 1310. The summed E-state index contributed by atoms with van der Waals surface area (Å²) in [5, 5.41) is 4.70. The van der Waals surface area contributed by atoms with Crippen LogP contribution in [0.5, 0.6) is 0 Å². The standard InChI is InChI=1S/C26H28N4O3/c1-18-14-19(2)16-21(15-18)22(31)28-11-8-26(9-12-28)10-13-29-23(32)24(33)30(27-25(26)29)17-20-6-4-3-5-7-20/h3-7,14-16H,8-13,17H2,1-2H3. The van der Waals surface area contributed by atoms with Crippen LogP contribution in [0.1, 0.15) is 52.1 Å². The number of benzene rings is 2. The molecule has 3 aromatic rings. The first-order valence-electron chi connectivity index (χ1n) is 11.5. The van der Waals surface area contributed by atoms with Crippen LogP contribution < -0.4 is 11.1 Å². The number of fused-ring (bicyclic) bond motifs is 2. The molecule has 1 aromatic heterocycles. The molecule has 1 fully saturated rings. The molecule has 0 N–H and O–H groups in total. The molecule has 2 aliphatic rings. The average molecular weight is 445 g/mol. The molecule has 0 atom stereocenters. The van der Waals surface area contributed by atoms with Crippen molar-refractivity contribution in [2.75, 3.05) is 13.1 Å². The lowest BCUT2D eigenvalue weighted by Gasteiger charge is -2.38. The van der Waals surface area contributed by atoms with Gasteiger partial charge in [0, 0.05) is 30.6 Å². The zero-order valence-corrected chi connectivity index (χ0v) is 19.1. The minimum Gasteiger partial charge on any atom is -0.339 e. The van der Waals surface area contributed by atoms with E-state index in [1.54, 1.807) is 4.57 Å². The Balaban J connectivity index is 1.41. The first kappa shape index (κ1) is 21.4. The molecule has 0 radical (unpaired) electrons. The van der Waals surface area contributed by atoms with Crippen LogP contribution in [-0.2, 0) is 18.5 Å². The normalized spacial score (nSPS) is 16.7. The Morgan fingerprint density at radius 2 is 1.55 bits per heavy atom. The van der Waals surface area contributed by atoms with Gasteiger partial charge in [0.2, 0.25) is 0 Å². The maximum atomic E-state index is 13.1. The summed E-state index contributed by atoms with van der Waals surface area (Å²) in [4.78, 5) is 40.5. The van der Waals surface area contributed by atoms with Gasteiger partial charge >= 0.3 is 11.1 Å². The Labute approximate surface area is 192 Å². The van der Waals surface area contributed by atoms with Crippen molar-refractivity contribution in [2.45, 2.75) is 51.6 Å². The topological polar surface area (TPSA) is 77.2 Å². The van der Waals surface area contributed by atoms with E-state index in [1.165, 1.54) is 4.68 Å². The number of aromatic nitrogens is 3. The number of hydrogen-bond donors (Lipinski definition) is 0. The third kappa shape index (κ3) is 3.81. The zero-order valence-electron chi connectivity index (χ0n) is 19.1. The molecule has 1 amide bonds. The molecular weight excluding hydrogens is 416 g/mol. The van der Waals surface area contributed by atoms with Crippen molar-refractivity contribution in [2.24, 2.45) is 0 Å². The van der Waals surface area contributed by atoms with E-state index in [2.05, 4.69) is 6.07 Å². The smallest absolute Gasteiger partial charge is 0.332 e. The molecule has 2 aromatic carbocycles. The molecule has 1 spiro atoms. The largest absolute Gasteiger partial charge is 0.339 e. The summed E-state index contributed by atoms with van der Waals surface area (Å²) in [6.07, 6.45) is 2.24. The van der Waals surface area contributed by atoms with E-state index in [9.17, 15) is 14.4 Å². The SMILES string of the molecule is Cc1cc(C)cc(C(=O)N2CCC3(CC2)CCn2c3nn(Cc3ccccc3)c(=O)c2=O)c1. The second-order valence-electron chi connectivity index (χ2n) is 9.43. The molecule has 7 nitrogen and oxygen atoms in total. The summed E-state index contributed by atoms with van der Waals surface area (Å²) in [5.74, 6) is 0.746. The van der Waals surface area contributed by atoms with Crippen molar-refractivity contribution in [1.82, 2.24) is 19.2 Å². The Hall–Kier alpha value is -3.48. The third-order valence-corrected chi connectivity index (χ3v) is 7.07. The lowest BCUT2D eigenvalue weighted by atomic mass is 9.76. The van der Waals surface area contributed by atoms with Crippen LogP contribution in [-0.4, -0.2) is 38.2 Å². The fourth-order valence-corrected chi connectivity index (χ4v) is 5.33. The molecule has 7 heteroatoms. The third-order valence-electron chi connectivity index (χ3n) is 7.07. The van der Waals surface area contributed by atoms with Crippen molar-refractivity contribution < 1.29 is 4.79 Å². The van der Waals surface area contributed by atoms with Crippen LogP contribution in [0.25, 0.3) is 0 Å². The van der Waals surface area contributed by atoms with Crippen molar-refractivity contribution in [3.05, 3.63) is 97.3 Å². The highest BCUT2D eigenvalue weighted by Gasteiger charge is 2.45. The fourth-order valence-electron chi connectivity index (χ4n) is 5.33. The summed E-state index contributed by atoms with van der Waals surface area (Å²) in [5.41, 5.74) is 2.46. The van der Waals surface area contributed by atoms with E-state index < -0.39 is 11.1 Å². The first-order valence-corrected chi connectivity index (χ1v) is 11.5. The molecule has 5 rings (SSSR count). The van der Waals surface area contributed by atoms with Crippen LogP contribution in [0.4, 0.5) is 0 Å². The van der Waals surface area contributed by atoms with Gasteiger partial charge in [-0.2, -0.15) is 5.10 Å². The van der Waals surface area contributed by atoms with Gasteiger partial charge in [0.1, 0.15) is 5.82 Å². The molecule has 0 saturated carbocycles. The van der Waals surface area contributed by atoms with Gasteiger partial charge in [-0.15, -0.1) is 0 Å². The van der Waals surface area contributed by atoms with Gasteiger partial charge in [-0.1, -0.05) is 47.5 Å². The number of carbonyl (C=O) groups excluding carboxylic acids is 1. The van der Waals surface area contributed by atoms with Crippen LogP contribution in [0.15, 0.2) is 58.1 Å². The number of likely N-dealkylation sites (tertiary alicyclic amines) is 1. The summed E-state index contributed by atoms with van der Waals surface area (Å²) < 4.78 is 2.87. The number of nitrogens with zero attached hydrogens (tertiary/aromatic N) is 4. The molecule has 0 bridgehead atoms. The zero-order chi connectivity index (χ0) is 23.2. The molecule has 0 aliphatic carbocycles. The van der Waals surface area contributed by atoms with Crippen LogP contribution in [0.3, 0.4) is 0 Å². The average Bonchev–Trinajstić information content (AvgIpc) is 3.15. The predicted molar refractivity (Wildman–Crippen MR) is 126 cm³/mol. The summed E-state index contributed by atoms with van der Waals surface area (Å²) in [6.45, 7) is 6.01. The van der Waals surface area contributed by atoms with E-state index >= 15 is 0 Å². The molecule has 0 unspecified atom stereocenters. The van der Waals surface area contributed by atoms with Crippen molar-refractivity contribution >= 4 is 5.91 Å². The Kier molecular flexibility index (Phi) is 5.27. The molecular formula is C26H28N4O3. The summed E-state index contributed by atoms with van der Waals surface area (Å²) in [7, 11) is 0. The van der Waals surface area contributed by atoms with Gasteiger partial charge in [0.05, 0.1) is 6.54 Å². The first-order chi connectivity index (χ1) is 15.9. The molecule has 1 saturated heterocycles. The van der Waals surface area contributed by atoms with Crippen molar-refractivity contribution in [3.63, 3.8) is 0 Å². The number of hydrogen-bond acceptors (Lipinski definition) is 4. The number of piperidine rings is 1. The second-order valence-corrected chi connectivity index (χ2v) is 9.43. The second kappa shape index (κ2) is 8.14. The summed E-state index contributed by atoms with van der Waals surface area (Å²) in [6, 6.07) is 15.5. The minimum atomic E-state index is -0.581. The molecule has 33 heavy (non-hydrogen) atoms. The van der Waals surface area contributed by atoms with Crippen LogP contribution in [0.2, 0.25) is 0 Å². The highest BCUT2D eigenvalue weighted by Crippen LogP contribution is 2.41.